The zero-order valence-electron chi connectivity index (χ0n) is 20.0. The van der Waals surface area contributed by atoms with E-state index in [9.17, 15) is 19.5 Å². The number of carbonyl (C=O) groups excluding carboxylic acids is 2. The minimum Gasteiger partial charge on any atom is -0.478 e. The van der Waals surface area contributed by atoms with Crippen LogP contribution in [0.2, 0.25) is 0 Å². The number of nitrogens with zero attached hydrogens (tertiary/aromatic N) is 1. The second-order valence-corrected chi connectivity index (χ2v) is 8.02. The number of nitrogens with one attached hydrogen (secondary N) is 1. The van der Waals surface area contributed by atoms with Crippen LogP contribution in [0.1, 0.15) is 47.7 Å². The van der Waals surface area contributed by atoms with Crippen molar-refractivity contribution in [2.45, 2.75) is 26.2 Å². The van der Waals surface area contributed by atoms with Gasteiger partial charge in [0.1, 0.15) is 13.2 Å². The zero-order chi connectivity index (χ0) is 26.1. The molecule has 1 unspecified atom stereocenters. The van der Waals surface area contributed by atoms with Crippen LogP contribution in [0.15, 0.2) is 83.2 Å². The molecule has 0 saturated carbocycles. The van der Waals surface area contributed by atoms with Crippen molar-refractivity contribution >= 4 is 24.0 Å². The van der Waals surface area contributed by atoms with Gasteiger partial charge in [-0.05, 0) is 43.2 Å². The fourth-order valence-corrected chi connectivity index (χ4v) is 3.94. The number of carbonyl (C=O) groups is 3. The van der Waals surface area contributed by atoms with Gasteiger partial charge in [0.05, 0.1) is 35.1 Å². The van der Waals surface area contributed by atoms with Crippen molar-refractivity contribution in [3.8, 4) is 6.07 Å². The molecule has 1 atom stereocenters. The number of esters is 2. The van der Waals surface area contributed by atoms with Gasteiger partial charge in [-0.15, -0.1) is 0 Å². The van der Waals surface area contributed by atoms with Crippen molar-refractivity contribution < 1.29 is 29.0 Å². The monoisotopic (exact) mass is 486 g/mol. The number of benzene rings is 2. The third-order valence-corrected chi connectivity index (χ3v) is 5.53. The predicted molar refractivity (Wildman–Crippen MR) is 132 cm³/mol. The molecule has 2 aromatic carbocycles. The van der Waals surface area contributed by atoms with Gasteiger partial charge in [-0.2, -0.15) is 5.26 Å². The number of ether oxygens (including phenoxy) is 2. The average molecular weight is 487 g/mol. The third kappa shape index (κ3) is 6.27. The Balaban J connectivity index is 1.95. The summed E-state index contributed by atoms with van der Waals surface area (Å²) in [5.74, 6) is -3.42. The lowest BCUT2D eigenvalue weighted by molar-refractivity contribution is -0.139. The minimum atomic E-state index is -1.14. The first-order valence-electron chi connectivity index (χ1n) is 11.3. The normalized spacial score (nSPS) is 15.3. The van der Waals surface area contributed by atoms with Crippen LogP contribution in [0.4, 0.5) is 0 Å². The van der Waals surface area contributed by atoms with Crippen molar-refractivity contribution in [1.82, 2.24) is 5.32 Å². The number of dihydropyridines is 1. The quantitative estimate of drug-likeness (QED) is 0.396. The molecule has 1 aliphatic rings. The van der Waals surface area contributed by atoms with Crippen LogP contribution in [-0.2, 0) is 19.1 Å². The summed E-state index contributed by atoms with van der Waals surface area (Å²) in [6.07, 6.45) is 3.54. The summed E-state index contributed by atoms with van der Waals surface area (Å²) in [6, 6.07) is 17.5. The van der Waals surface area contributed by atoms with Gasteiger partial charge in [-0.1, -0.05) is 48.5 Å². The lowest BCUT2D eigenvalue weighted by Gasteiger charge is -2.30. The van der Waals surface area contributed by atoms with Gasteiger partial charge in [-0.3, -0.25) is 0 Å². The lowest BCUT2D eigenvalue weighted by atomic mass is 9.80. The smallest absolute Gasteiger partial charge is 0.337 e. The van der Waals surface area contributed by atoms with Crippen molar-refractivity contribution in [1.29, 1.82) is 5.26 Å². The number of nitriles is 1. The van der Waals surface area contributed by atoms with Gasteiger partial charge < -0.3 is 19.9 Å². The van der Waals surface area contributed by atoms with Gasteiger partial charge in [-0.25, -0.2) is 14.4 Å². The highest BCUT2D eigenvalue weighted by Gasteiger charge is 2.38. The molecule has 0 saturated heterocycles. The summed E-state index contributed by atoms with van der Waals surface area (Å²) >= 11 is 0. The Morgan fingerprint density at radius 3 is 2.31 bits per heavy atom. The summed E-state index contributed by atoms with van der Waals surface area (Å²) in [5.41, 5.74) is 2.64. The Morgan fingerprint density at radius 2 is 1.67 bits per heavy atom. The van der Waals surface area contributed by atoms with Gasteiger partial charge in [0.15, 0.2) is 0 Å². The summed E-state index contributed by atoms with van der Waals surface area (Å²) < 4.78 is 10.8. The molecule has 0 radical (unpaired) electrons. The fraction of sp³-hybridized carbons (Fsp3) is 0.214. The number of hydrogen-bond donors (Lipinski definition) is 2. The summed E-state index contributed by atoms with van der Waals surface area (Å²) in [6.45, 7) is 3.24. The van der Waals surface area contributed by atoms with Gasteiger partial charge in [0.25, 0.3) is 0 Å². The maximum absolute atomic E-state index is 13.3. The number of carboxylic acid groups (broad SMARTS) is 1. The molecule has 0 amide bonds. The Labute approximate surface area is 209 Å². The molecule has 3 rings (SSSR count). The lowest BCUT2D eigenvalue weighted by Crippen LogP contribution is -2.32. The molecule has 36 heavy (non-hydrogen) atoms. The van der Waals surface area contributed by atoms with Crippen molar-refractivity contribution in [2.75, 3.05) is 13.2 Å². The van der Waals surface area contributed by atoms with E-state index >= 15 is 0 Å². The van der Waals surface area contributed by atoms with Crippen molar-refractivity contribution in [3.63, 3.8) is 0 Å². The maximum atomic E-state index is 13.3. The molecule has 184 valence electrons. The molecule has 2 N–H and O–H groups in total. The van der Waals surface area contributed by atoms with Crippen LogP contribution in [0, 0.1) is 11.3 Å². The van der Waals surface area contributed by atoms with Crippen LogP contribution >= 0.6 is 0 Å². The number of hydrogen-bond acceptors (Lipinski definition) is 7. The minimum absolute atomic E-state index is 0.00294. The van der Waals surface area contributed by atoms with Gasteiger partial charge in [0.2, 0.25) is 0 Å². The fourth-order valence-electron chi connectivity index (χ4n) is 3.94. The van der Waals surface area contributed by atoms with Gasteiger partial charge >= 0.3 is 17.9 Å². The molecule has 0 aromatic heterocycles. The summed E-state index contributed by atoms with van der Waals surface area (Å²) in [7, 11) is 0. The van der Waals surface area contributed by atoms with Crippen LogP contribution in [-0.4, -0.2) is 36.2 Å². The Kier molecular flexibility index (Phi) is 8.79. The topological polar surface area (TPSA) is 126 Å². The standard InChI is InChI=1S/C28H26N2O6/c1-18-23(27(33)35-15-7-11-20-9-4-3-5-10-20)25(21-12-6-13-22(17-21)26(31)32)24(19(2)30-18)28(34)36-16-8-14-29/h3-7,9-13,17,25,30H,8,15-16H2,1-2H3,(H,31,32). The number of aromatic carboxylic acids is 1. The van der Waals surface area contributed by atoms with E-state index in [1.807, 2.05) is 42.5 Å². The van der Waals surface area contributed by atoms with E-state index in [0.717, 1.165) is 5.56 Å². The first-order chi connectivity index (χ1) is 17.3. The summed E-state index contributed by atoms with van der Waals surface area (Å²) in [4.78, 5) is 37.9. The molecule has 2 aromatic rings. The first-order valence-corrected chi connectivity index (χ1v) is 11.3. The average Bonchev–Trinajstić information content (AvgIpc) is 2.86. The Hall–Kier alpha value is -4.64. The first kappa shape index (κ1) is 26.0. The molecule has 8 nitrogen and oxygen atoms in total. The van der Waals surface area contributed by atoms with E-state index < -0.39 is 23.8 Å². The van der Waals surface area contributed by atoms with Crippen molar-refractivity contribution in [2.24, 2.45) is 0 Å². The van der Waals surface area contributed by atoms with Gasteiger partial charge in [0, 0.05) is 11.4 Å². The predicted octanol–water partition coefficient (Wildman–Crippen LogP) is 4.33. The van der Waals surface area contributed by atoms with E-state index in [-0.39, 0.29) is 36.3 Å². The molecule has 0 spiro atoms. The molecule has 0 fully saturated rings. The molecular formula is C28H26N2O6. The second-order valence-electron chi connectivity index (χ2n) is 8.02. The van der Waals surface area contributed by atoms with Crippen LogP contribution < -0.4 is 5.32 Å². The molecule has 1 heterocycles. The van der Waals surface area contributed by atoms with E-state index in [1.165, 1.54) is 12.1 Å². The number of rotatable bonds is 9. The number of allylic oxidation sites excluding steroid dienone is 2. The van der Waals surface area contributed by atoms with E-state index in [4.69, 9.17) is 14.7 Å². The van der Waals surface area contributed by atoms with E-state index in [0.29, 0.717) is 17.0 Å². The molecule has 1 aliphatic heterocycles. The highest BCUT2D eigenvalue weighted by Crippen LogP contribution is 2.39. The third-order valence-electron chi connectivity index (χ3n) is 5.53. The Bertz CT molecular complexity index is 1280. The second kappa shape index (κ2) is 12.2. The highest BCUT2D eigenvalue weighted by molar-refractivity contribution is 6.00. The Morgan fingerprint density at radius 1 is 1.00 bits per heavy atom. The van der Waals surface area contributed by atoms with Crippen LogP contribution in [0.3, 0.4) is 0 Å². The van der Waals surface area contributed by atoms with Crippen LogP contribution in [0.25, 0.3) is 6.08 Å². The van der Waals surface area contributed by atoms with Crippen molar-refractivity contribution in [3.05, 3.63) is 99.9 Å². The number of carboxylic acids is 1. The molecule has 0 aliphatic carbocycles. The molecule has 8 heteroatoms. The van der Waals surface area contributed by atoms with E-state index in [2.05, 4.69) is 5.32 Å². The molecular weight excluding hydrogens is 460 g/mol. The van der Waals surface area contributed by atoms with E-state index in [1.54, 1.807) is 32.1 Å². The zero-order valence-corrected chi connectivity index (χ0v) is 20.0. The summed E-state index contributed by atoms with van der Waals surface area (Å²) in [5, 5.41) is 21.3. The van der Waals surface area contributed by atoms with Crippen LogP contribution in [0.5, 0.6) is 0 Å². The molecule has 0 bridgehead atoms. The largest absolute Gasteiger partial charge is 0.478 e. The SMILES string of the molecule is CC1=C(C(=O)OCC=Cc2ccccc2)C(c2cccc(C(=O)O)c2)C(C(=O)OCCC#N)=C(C)N1. The maximum Gasteiger partial charge on any atom is 0.337 e. The highest BCUT2D eigenvalue weighted by atomic mass is 16.5.